The summed E-state index contributed by atoms with van der Waals surface area (Å²) >= 11 is 5.73. The van der Waals surface area contributed by atoms with Gasteiger partial charge in [0.1, 0.15) is 5.82 Å². The van der Waals surface area contributed by atoms with Crippen molar-refractivity contribution in [3.63, 3.8) is 0 Å². The molecule has 3 nitrogen and oxygen atoms in total. The molecule has 0 unspecified atom stereocenters. The minimum Gasteiger partial charge on any atom is -0.357 e. The molecular weight excluding hydrogens is 380 g/mol. The van der Waals surface area contributed by atoms with E-state index in [1.165, 1.54) is 18.9 Å². The number of hydrogen-bond donors (Lipinski definition) is 2. The minimum absolute atomic E-state index is 0. The summed E-state index contributed by atoms with van der Waals surface area (Å²) in [6, 6.07) is 5.24. The van der Waals surface area contributed by atoms with E-state index >= 15 is 0 Å². The average molecular weight is 398 g/mol. The van der Waals surface area contributed by atoms with Crippen LogP contribution in [0.1, 0.15) is 25.3 Å². The highest BCUT2D eigenvalue weighted by Gasteiger charge is 2.21. The molecule has 19 heavy (non-hydrogen) atoms. The predicted octanol–water partition coefficient (Wildman–Crippen LogP) is 3.31. The zero-order chi connectivity index (χ0) is 13.0. The normalized spacial score (nSPS) is 14.8. The smallest absolute Gasteiger partial charge is 0.191 e. The van der Waals surface area contributed by atoms with Crippen molar-refractivity contribution in [3.8, 4) is 0 Å². The van der Waals surface area contributed by atoms with Crippen LogP contribution in [0, 0.1) is 5.82 Å². The molecule has 0 aliphatic heterocycles. The Morgan fingerprint density at radius 3 is 2.79 bits per heavy atom. The third kappa shape index (κ3) is 5.52. The number of aliphatic imine (C=N–C) groups is 1. The van der Waals surface area contributed by atoms with Crippen molar-refractivity contribution < 1.29 is 4.39 Å². The molecule has 0 radical (unpaired) electrons. The Bertz CT molecular complexity index is 450. The van der Waals surface area contributed by atoms with E-state index in [1.807, 2.05) is 6.92 Å². The summed E-state index contributed by atoms with van der Waals surface area (Å²) in [7, 11) is 0. The molecule has 2 N–H and O–H groups in total. The first-order valence-electron chi connectivity index (χ1n) is 6.18. The van der Waals surface area contributed by atoms with E-state index in [0.717, 1.165) is 18.1 Å². The quantitative estimate of drug-likeness (QED) is 0.465. The maximum atomic E-state index is 13.0. The number of halogens is 3. The highest BCUT2D eigenvalue weighted by atomic mass is 127. The SMILES string of the molecule is CCNC(=NCc1ccc(F)c(Cl)c1)NC1CC1.I. The molecule has 0 amide bonds. The van der Waals surface area contributed by atoms with Gasteiger partial charge in [0.15, 0.2) is 5.96 Å². The Labute approximate surface area is 135 Å². The van der Waals surface area contributed by atoms with Gasteiger partial charge in [-0.3, -0.25) is 0 Å². The molecule has 106 valence electrons. The van der Waals surface area contributed by atoms with E-state index in [0.29, 0.717) is 12.6 Å². The highest BCUT2D eigenvalue weighted by Crippen LogP contribution is 2.19. The molecule has 0 spiro atoms. The first-order chi connectivity index (χ1) is 8.69. The van der Waals surface area contributed by atoms with Gasteiger partial charge in [-0.1, -0.05) is 17.7 Å². The number of guanidine groups is 1. The molecule has 1 saturated carbocycles. The van der Waals surface area contributed by atoms with Gasteiger partial charge in [0.05, 0.1) is 11.6 Å². The lowest BCUT2D eigenvalue weighted by molar-refractivity contribution is 0.627. The molecule has 0 atom stereocenters. The molecule has 1 aliphatic carbocycles. The Balaban J connectivity index is 0.00000180. The van der Waals surface area contributed by atoms with E-state index in [4.69, 9.17) is 11.6 Å². The van der Waals surface area contributed by atoms with Crippen molar-refractivity contribution in [2.75, 3.05) is 6.54 Å². The Morgan fingerprint density at radius 2 is 2.21 bits per heavy atom. The topological polar surface area (TPSA) is 36.4 Å². The van der Waals surface area contributed by atoms with Gasteiger partial charge in [0.2, 0.25) is 0 Å². The number of nitrogens with zero attached hydrogens (tertiary/aromatic N) is 1. The van der Waals surface area contributed by atoms with Gasteiger partial charge in [-0.05, 0) is 37.5 Å². The molecule has 0 bridgehead atoms. The Hall–Kier alpha value is -0.560. The third-order valence-corrected chi connectivity index (χ3v) is 2.96. The van der Waals surface area contributed by atoms with Crippen LogP contribution in [0.3, 0.4) is 0 Å². The highest BCUT2D eigenvalue weighted by molar-refractivity contribution is 14.0. The molecule has 6 heteroatoms. The first kappa shape index (κ1) is 16.5. The van der Waals surface area contributed by atoms with Crippen molar-refractivity contribution in [1.82, 2.24) is 10.6 Å². The van der Waals surface area contributed by atoms with Gasteiger partial charge in [-0.2, -0.15) is 0 Å². The molecule has 0 heterocycles. The van der Waals surface area contributed by atoms with Crippen molar-refractivity contribution in [1.29, 1.82) is 0 Å². The van der Waals surface area contributed by atoms with Crippen molar-refractivity contribution in [3.05, 3.63) is 34.6 Å². The third-order valence-electron chi connectivity index (χ3n) is 2.67. The summed E-state index contributed by atoms with van der Waals surface area (Å²) in [5.74, 6) is 0.410. The Morgan fingerprint density at radius 1 is 1.47 bits per heavy atom. The van der Waals surface area contributed by atoms with Crippen LogP contribution >= 0.6 is 35.6 Å². The number of nitrogens with one attached hydrogen (secondary N) is 2. The summed E-state index contributed by atoms with van der Waals surface area (Å²) in [5.41, 5.74) is 0.898. The van der Waals surface area contributed by atoms with Crippen LogP contribution < -0.4 is 10.6 Å². The van der Waals surface area contributed by atoms with Crippen LogP contribution in [0.15, 0.2) is 23.2 Å². The van der Waals surface area contributed by atoms with Crippen LogP contribution in [0.5, 0.6) is 0 Å². The van der Waals surface area contributed by atoms with Crippen LogP contribution in [0.25, 0.3) is 0 Å². The lowest BCUT2D eigenvalue weighted by Crippen LogP contribution is -2.38. The monoisotopic (exact) mass is 397 g/mol. The number of benzene rings is 1. The second-order valence-electron chi connectivity index (χ2n) is 4.36. The van der Waals surface area contributed by atoms with E-state index in [-0.39, 0.29) is 29.0 Å². The second-order valence-corrected chi connectivity index (χ2v) is 4.77. The summed E-state index contributed by atoms with van der Waals surface area (Å²) in [6.45, 7) is 3.34. The molecule has 1 aromatic rings. The van der Waals surface area contributed by atoms with Crippen molar-refractivity contribution >= 4 is 41.5 Å². The van der Waals surface area contributed by atoms with Crippen molar-refractivity contribution in [2.24, 2.45) is 4.99 Å². The second kappa shape index (κ2) is 7.89. The lowest BCUT2D eigenvalue weighted by Gasteiger charge is -2.10. The van der Waals surface area contributed by atoms with E-state index in [9.17, 15) is 4.39 Å². The fourth-order valence-electron chi connectivity index (χ4n) is 1.55. The summed E-state index contributed by atoms with van der Waals surface area (Å²) in [5, 5.41) is 6.64. The van der Waals surface area contributed by atoms with E-state index in [1.54, 1.807) is 12.1 Å². The van der Waals surface area contributed by atoms with Crippen LogP contribution in [-0.2, 0) is 6.54 Å². The van der Waals surface area contributed by atoms with Gasteiger partial charge >= 0.3 is 0 Å². The van der Waals surface area contributed by atoms with Crippen LogP contribution in [0.2, 0.25) is 5.02 Å². The zero-order valence-electron chi connectivity index (χ0n) is 10.7. The van der Waals surface area contributed by atoms with Crippen LogP contribution in [-0.4, -0.2) is 18.5 Å². The van der Waals surface area contributed by atoms with Gasteiger partial charge in [-0.25, -0.2) is 9.38 Å². The summed E-state index contributed by atoms with van der Waals surface area (Å²) in [4.78, 5) is 4.45. The van der Waals surface area contributed by atoms with Gasteiger partial charge in [0.25, 0.3) is 0 Å². The molecule has 1 aromatic carbocycles. The first-order valence-corrected chi connectivity index (χ1v) is 6.55. The number of rotatable bonds is 4. The maximum absolute atomic E-state index is 13.0. The largest absolute Gasteiger partial charge is 0.357 e. The maximum Gasteiger partial charge on any atom is 0.191 e. The fraction of sp³-hybridized carbons (Fsp3) is 0.462. The molecule has 1 aliphatic rings. The molecule has 0 saturated heterocycles. The van der Waals surface area contributed by atoms with E-state index < -0.39 is 5.82 Å². The average Bonchev–Trinajstić information content (AvgIpc) is 3.14. The summed E-state index contributed by atoms with van der Waals surface area (Å²) < 4.78 is 13.0. The van der Waals surface area contributed by atoms with E-state index in [2.05, 4.69) is 15.6 Å². The zero-order valence-corrected chi connectivity index (χ0v) is 13.8. The Kier molecular flexibility index (Phi) is 6.85. The standard InChI is InChI=1S/C13H17ClFN3.HI/c1-2-16-13(18-10-4-5-10)17-8-9-3-6-12(15)11(14)7-9;/h3,6-7,10H,2,4-5,8H2,1H3,(H2,16,17,18);1H. The molecule has 0 aromatic heterocycles. The summed E-state index contributed by atoms with van der Waals surface area (Å²) in [6.07, 6.45) is 2.40. The fourth-order valence-corrected chi connectivity index (χ4v) is 1.75. The molecule has 2 rings (SSSR count). The lowest BCUT2D eigenvalue weighted by atomic mass is 10.2. The minimum atomic E-state index is -0.396. The predicted molar refractivity (Wildman–Crippen MR) is 87.8 cm³/mol. The van der Waals surface area contributed by atoms with Gasteiger partial charge in [-0.15, -0.1) is 24.0 Å². The van der Waals surface area contributed by atoms with Crippen LogP contribution in [0.4, 0.5) is 4.39 Å². The number of hydrogen-bond acceptors (Lipinski definition) is 1. The van der Waals surface area contributed by atoms with Crippen molar-refractivity contribution in [2.45, 2.75) is 32.4 Å². The van der Waals surface area contributed by atoms with Gasteiger partial charge < -0.3 is 10.6 Å². The molecule has 1 fully saturated rings. The molecular formula is C13H18ClFIN3. The van der Waals surface area contributed by atoms with Gasteiger partial charge in [0, 0.05) is 12.6 Å².